The van der Waals surface area contributed by atoms with Gasteiger partial charge in [0.1, 0.15) is 12.4 Å². The maximum atomic E-state index is 10.5. The van der Waals surface area contributed by atoms with Crippen LogP contribution in [0.25, 0.3) is 11.1 Å². The molecule has 0 aromatic heterocycles. The lowest BCUT2D eigenvalue weighted by atomic mass is 9.99. The predicted octanol–water partition coefficient (Wildman–Crippen LogP) is 5.68. The Hall–Kier alpha value is -2.37. The summed E-state index contributed by atoms with van der Waals surface area (Å²) in [5, 5.41) is 14.5. The summed E-state index contributed by atoms with van der Waals surface area (Å²) in [7, 11) is 0. The van der Waals surface area contributed by atoms with Gasteiger partial charge in [0, 0.05) is 29.8 Å². The van der Waals surface area contributed by atoms with E-state index in [4.69, 9.17) is 21.1 Å². The molecule has 0 amide bonds. The molecule has 0 radical (unpaired) electrons. The molecule has 0 spiro atoms. The summed E-state index contributed by atoms with van der Waals surface area (Å²) in [6, 6.07) is 24.2. The number of halogens is 1. The van der Waals surface area contributed by atoms with Crippen LogP contribution < -0.4 is 10.1 Å². The van der Waals surface area contributed by atoms with Gasteiger partial charge >= 0.3 is 0 Å². The fourth-order valence-corrected chi connectivity index (χ4v) is 3.79. The highest BCUT2D eigenvalue weighted by Gasteiger charge is 2.13. The summed E-state index contributed by atoms with van der Waals surface area (Å²) < 4.78 is 11.5. The lowest BCUT2D eigenvalue weighted by Crippen LogP contribution is -2.32. The zero-order valence-corrected chi connectivity index (χ0v) is 19.5. The van der Waals surface area contributed by atoms with Crippen molar-refractivity contribution in [3.8, 4) is 16.9 Å². The molecule has 170 valence electrons. The van der Waals surface area contributed by atoms with E-state index >= 15 is 0 Å². The van der Waals surface area contributed by atoms with Crippen LogP contribution >= 0.6 is 11.6 Å². The minimum Gasteiger partial charge on any atom is -0.491 e. The van der Waals surface area contributed by atoms with Gasteiger partial charge in [0.2, 0.25) is 0 Å². The third kappa shape index (κ3) is 7.35. The Bertz CT molecular complexity index is 964. The highest BCUT2D eigenvalue weighted by atomic mass is 35.5. The molecule has 0 aliphatic rings. The Morgan fingerprint density at radius 2 is 1.78 bits per heavy atom. The van der Waals surface area contributed by atoms with Crippen LogP contribution in [0.15, 0.2) is 72.8 Å². The minimum atomic E-state index is -0.603. The first-order valence-corrected chi connectivity index (χ1v) is 11.5. The van der Waals surface area contributed by atoms with E-state index in [9.17, 15) is 5.11 Å². The van der Waals surface area contributed by atoms with Crippen LogP contribution in [-0.2, 0) is 11.2 Å². The highest BCUT2D eigenvalue weighted by Crippen LogP contribution is 2.31. The van der Waals surface area contributed by atoms with Crippen molar-refractivity contribution in [3.63, 3.8) is 0 Å². The molecule has 0 saturated carbocycles. The van der Waals surface area contributed by atoms with Gasteiger partial charge in [0.05, 0.1) is 12.7 Å². The van der Waals surface area contributed by atoms with Gasteiger partial charge in [0.25, 0.3) is 0 Å². The molecule has 0 aliphatic carbocycles. The SMILES string of the molecule is CCOCCOc1cc(CC(C)NCC(O)c2cccc(Cl)c2)ccc1-c1ccccc1. The van der Waals surface area contributed by atoms with Crippen molar-refractivity contribution in [2.45, 2.75) is 32.4 Å². The molecule has 2 unspecified atom stereocenters. The molecule has 0 heterocycles. The number of ether oxygens (including phenoxy) is 2. The predicted molar refractivity (Wildman–Crippen MR) is 131 cm³/mol. The van der Waals surface area contributed by atoms with Crippen LogP contribution in [0.4, 0.5) is 0 Å². The number of aliphatic hydroxyl groups excluding tert-OH is 1. The second-order valence-corrected chi connectivity index (χ2v) is 8.26. The van der Waals surface area contributed by atoms with Crippen molar-refractivity contribution in [3.05, 3.63) is 88.9 Å². The van der Waals surface area contributed by atoms with E-state index in [1.54, 1.807) is 12.1 Å². The Morgan fingerprint density at radius 3 is 2.53 bits per heavy atom. The van der Waals surface area contributed by atoms with Crippen LogP contribution in [0.3, 0.4) is 0 Å². The molecule has 5 heteroatoms. The molecular weight excluding hydrogens is 422 g/mol. The maximum absolute atomic E-state index is 10.5. The first-order valence-electron chi connectivity index (χ1n) is 11.1. The second-order valence-electron chi connectivity index (χ2n) is 7.83. The number of rotatable bonds is 12. The molecule has 0 aliphatic heterocycles. The van der Waals surface area contributed by atoms with Crippen LogP contribution in [-0.4, -0.2) is 37.5 Å². The largest absolute Gasteiger partial charge is 0.491 e. The summed E-state index contributed by atoms with van der Waals surface area (Å²) in [6.07, 6.45) is 0.216. The smallest absolute Gasteiger partial charge is 0.127 e. The van der Waals surface area contributed by atoms with E-state index in [1.807, 2.05) is 37.3 Å². The van der Waals surface area contributed by atoms with E-state index in [-0.39, 0.29) is 6.04 Å². The maximum Gasteiger partial charge on any atom is 0.127 e. The molecule has 2 atom stereocenters. The first kappa shape index (κ1) is 24.3. The minimum absolute atomic E-state index is 0.183. The van der Waals surface area contributed by atoms with E-state index < -0.39 is 6.10 Å². The van der Waals surface area contributed by atoms with Gasteiger partial charge in [0.15, 0.2) is 0 Å². The lowest BCUT2D eigenvalue weighted by Gasteiger charge is -2.19. The van der Waals surface area contributed by atoms with Crippen LogP contribution in [0, 0.1) is 0 Å². The lowest BCUT2D eigenvalue weighted by molar-refractivity contribution is 0.110. The van der Waals surface area contributed by atoms with E-state index in [0.717, 1.165) is 28.9 Å². The van der Waals surface area contributed by atoms with E-state index in [1.165, 1.54) is 5.56 Å². The number of hydrogen-bond donors (Lipinski definition) is 2. The van der Waals surface area contributed by atoms with E-state index in [0.29, 0.717) is 31.4 Å². The fraction of sp³-hybridized carbons (Fsp3) is 0.333. The molecule has 2 N–H and O–H groups in total. The standard InChI is InChI=1S/C27H32ClNO3/c1-3-31-14-15-32-27-17-21(12-13-25(27)22-8-5-4-6-9-22)16-20(2)29-19-26(30)23-10-7-11-24(28)18-23/h4-13,17-18,20,26,29-30H,3,14-16,19H2,1-2H3. The Kier molecular flexibility index (Phi) is 9.57. The zero-order chi connectivity index (χ0) is 22.8. The van der Waals surface area contributed by atoms with Gasteiger partial charge in [-0.3, -0.25) is 0 Å². The zero-order valence-electron chi connectivity index (χ0n) is 18.8. The van der Waals surface area contributed by atoms with E-state index in [2.05, 4.69) is 42.6 Å². The molecular formula is C27H32ClNO3. The number of nitrogens with one attached hydrogen (secondary N) is 1. The van der Waals surface area contributed by atoms with Crippen LogP contribution in [0.2, 0.25) is 5.02 Å². The Balaban J connectivity index is 1.64. The van der Waals surface area contributed by atoms with Crippen LogP contribution in [0.5, 0.6) is 5.75 Å². The second kappa shape index (κ2) is 12.6. The van der Waals surface area contributed by atoms with Gasteiger partial charge in [-0.25, -0.2) is 0 Å². The Labute approximate surface area is 196 Å². The molecule has 4 nitrogen and oxygen atoms in total. The van der Waals surface area contributed by atoms with Gasteiger partial charge in [-0.2, -0.15) is 0 Å². The van der Waals surface area contributed by atoms with Crippen molar-refractivity contribution in [2.24, 2.45) is 0 Å². The van der Waals surface area contributed by atoms with Crippen molar-refractivity contribution < 1.29 is 14.6 Å². The normalized spacial score (nSPS) is 13.0. The third-order valence-electron chi connectivity index (χ3n) is 5.26. The number of hydrogen-bond acceptors (Lipinski definition) is 4. The number of aliphatic hydroxyl groups is 1. The molecule has 3 aromatic rings. The summed E-state index contributed by atoms with van der Waals surface area (Å²) in [6.45, 7) is 6.31. The summed E-state index contributed by atoms with van der Waals surface area (Å²) in [5.74, 6) is 0.861. The number of benzene rings is 3. The Morgan fingerprint density at radius 1 is 0.969 bits per heavy atom. The van der Waals surface area contributed by atoms with Crippen molar-refractivity contribution >= 4 is 11.6 Å². The first-order chi connectivity index (χ1) is 15.6. The molecule has 3 aromatic carbocycles. The van der Waals surface area contributed by atoms with Crippen LogP contribution in [0.1, 0.15) is 31.1 Å². The molecule has 32 heavy (non-hydrogen) atoms. The summed E-state index contributed by atoms with van der Waals surface area (Å²) in [5.41, 5.74) is 4.19. The molecule has 0 fully saturated rings. The topological polar surface area (TPSA) is 50.7 Å². The van der Waals surface area contributed by atoms with Gasteiger partial charge in [-0.1, -0.05) is 66.2 Å². The monoisotopic (exact) mass is 453 g/mol. The molecule has 0 bridgehead atoms. The van der Waals surface area contributed by atoms with Gasteiger partial charge in [-0.15, -0.1) is 0 Å². The summed E-state index contributed by atoms with van der Waals surface area (Å²) >= 11 is 6.03. The molecule has 0 saturated heterocycles. The highest BCUT2D eigenvalue weighted by molar-refractivity contribution is 6.30. The average Bonchev–Trinajstić information content (AvgIpc) is 2.81. The van der Waals surface area contributed by atoms with Crippen molar-refractivity contribution in [2.75, 3.05) is 26.4 Å². The quantitative estimate of drug-likeness (QED) is 0.346. The molecule has 3 rings (SSSR count). The third-order valence-corrected chi connectivity index (χ3v) is 5.49. The summed E-state index contributed by atoms with van der Waals surface area (Å²) in [4.78, 5) is 0. The van der Waals surface area contributed by atoms with Gasteiger partial charge < -0.3 is 19.9 Å². The van der Waals surface area contributed by atoms with Crippen molar-refractivity contribution in [1.82, 2.24) is 5.32 Å². The van der Waals surface area contributed by atoms with Crippen molar-refractivity contribution in [1.29, 1.82) is 0 Å². The fourth-order valence-electron chi connectivity index (χ4n) is 3.59. The van der Waals surface area contributed by atoms with Gasteiger partial charge in [-0.05, 0) is 55.2 Å². The average molecular weight is 454 g/mol.